The summed E-state index contributed by atoms with van der Waals surface area (Å²) in [5, 5.41) is 0. The van der Waals surface area contributed by atoms with Gasteiger partial charge in [-0.1, -0.05) is 78.1 Å². The van der Waals surface area contributed by atoms with Crippen molar-refractivity contribution >= 4 is 33.4 Å². The number of hydrogen-bond acceptors (Lipinski definition) is 4. The van der Waals surface area contributed by atoms with Gasteiger partial charge in [0.25, 0.3) is 5.91 Å². The number of carbonyl (C=O) groups is 2. The van der Waals surface area contributed by atoms with Crippen molar-refractivity contribution in [2.45, 2.75) is 12.5 Å². The Labute approximate surface area is 189 Å². The van der Waals surface area contributed by atoms with Crippen LogP contribution < -0.4 is 4.80 Å². The topological polar surface area (TPSA) is 60.7 Å². The quantitative estimate of drug-likeness (QED) is 0.314. The first-order chi connectivity index (χ1) is 15.6. The van der Waals surface area contributed by atoms with Crippen molar-refractivity contribution in [1.29, 1.82) is 0 Å². The van der Waals surface area contributed by atoms with Crippen molar-refractivity contribution in [2.24, 2.45) is 4.99 Å². The van der Waals surface area contributed by atoms with Crippen LogP contribution in [0.4, 0.5) is 0 Å². The molecule has 0 aliphatic heterocycles. The lowest BCUT2D eigenvalue weighted by Crippen LogP contribution is -2.20. The summed E-state index contributed by atoms with van der Waals surface area (Å²) in [6.07, 6.45) is 1.76. The third kappa shape index (κ3) is 4.31. The Balaban J connectivity index is 1.85. The van der Waals surface area contributed by atoms with E-state index in [2.05, 4.69) is 11.6 Å². The van der Waals surface area contributed by atoms with Gasteiger partial charge >= 0.3 is 5.97 Å². The van der Waals surface area contributed by atoms with E-state index in [-0.39, 0.29) is 5.91 Å². The lowest BCUT2D eigenvalue weighted by atomic mass is 9.91. The highest BCUT2D eigenvalue weighted by Crippen LogP contribution is 2.26. The highest BCUT2D eigenvalue weighted by molar-refractivity contribution is 7.16. The minimum atomic E-state index is -0.509. The molecule has 1 amide bonds. The summed E-state index contributed by atoms with van der Waals surface area (Å²) in [6.45, 7) is 4.33. The van der Waals surface area contributed by atoms with Crippen LogP contribution in [0.15, 0.2) is 96.5 Å². The van der Waals surface area contributed by atoms with Gasteiger partial charge in [0.15, 0.2) is 4.80 Å². The number of allylic oxidation sites excluding steroid dienone is 1. The zero-order valence-corrected chi connectivity index (χ0v) is 18.4. The molecule has 6 heteroatoms. The van der Waals surface area contributed by atoms with E-state index in [1.54, 1.807) is 18.2 Å². The molecule has 0 radical (unpaired) electrons. The van der Waals surface area contributed by atoms with E-state index in [0.29, 0.717) is 16.9 Å². The van der Waals surface area contributed by atoms with Gasteiger partial charge in [-0.15, -0.1) is 6.58 Å². The maximum absolute atomic E-state index is 13.5. The number of hydrogen-bond donors (Lipinski definition) is 0. The first-order valence-corrected chi connectivity index (χ1v) is 10.9. The molecule has 0 unspecified atom stereocenters. The van der Waals surface area contributed by atoms with Gasteiger partial charge in [-0.2, -0.15) is 4.99 Å². The summed E-state index contributed by atoms with van der Waals surface area (Å²) in [6, 6.07) is 24.6. The smallest absolute Gasteiger partial charge is 0.337 e. The van der Waals surface area contributed by atoms with Crippen molar-refractivity contribution in [1.82, 2.24) is 4.57 Å². The molecule has 0 aliphatic rings. The molecule has 5 nitrogen and oxygen atoms in total. The van der Waals surface area contributed by atoms with Gasteiger partial charge in [-0.3, -0.25) is 4.79 Å². The maximum atomic E-state index is 13.5. The number of thiazole rings is 1. The fraction of sp³-hybridized carbons (Fsp3) is 0.115. The van der Waals surface area contributed by atoms with Crippen LogP contribution in [0.3, 0.4) is 0 Å². The maximum Gasteiger partial charge on any atom is 0.337 e. The fourth-order valence-electron chi connectivity index (χ4n) is 3.64. The van der Waals surface area contributed by atoms with Crippen LogP contribution in [-0.4, -0.2) is 23.6 Å². The number of benzene rings is 3. The number of carbonyl (C=O) groups excluding carboxylic acids is 2. The SMILES string of the molecule is C=CCn1c(=NC(=O)C(c2ccccc2)c2ccccc2)sc2cc(C(=O)OC)ccc21. The lowest BCUT2D eigenvalue weighted by Gasteiger charge is -2.14. The minimum Gasteiger partial charge on any atom is -0.465 e. The Morgan fingerprint density at radius 3 is 2.22 bits per heavy atom. The second kappa shape index (κ2) is 9.58. The average Bonchev–Trinajstić information content (AvgIpc) is 3.16. The molecule has 3 aromatic carbocycles. The number of rotatable bonds is 6. The van der Waals surface area contributed by atoms with Gasteiger partial charge in [0.1, 0.15) is 0 Å². The Bertz CT molecular complexity index is 1300. The molecule has 0 fully saturated rings. The molecular weight excluding hydrogens is 420 g/mol. The predicted octanol–water partition coefficient (Wildman–Crippen LogP) is 4.93. The Morgan fingerprint density at radius 2 is 1.66 bits per heavy atom. The molecular formula is C26H22N2O3S. The van der Waals surface area contributed by atoms with E-state index >= 15 is 0 Å². The number of methoxy groups -OCH3 is 1. The molecule has 0 saturated heterocycles. The minimum absolute atomic E-state index is 0.250. The van der Waals surface area contributed by atoms with Crippen molar-refractivity contribution in [2.75, 3.05) is 7.11 Å². The molecule has 32 heavy (non-hydrogen) atoms. The predicted molar refractivity (Wildman–Crippen MR) is 127 cm³/mol. The van der Waals surface area contributed by atoms with E-state index < -0.39 is 11.9 Å². The monoisotopic (exact) mass is 442 g/mol. The molecule has 1 heterocycles. The molecule has 1 aromatic heterocycles. The van der Waals surface area contributed by atoms with Crippen LogP contribution >= 0.6 is 11.3 Å². The van der Waals surface area contributed by atoms with Crippen molar-refractivity contribution < 1.29 is 14.3 Å². The van der Waals surface area contributed by atoms with Gasteiger partial charge < -0.3 is 9.30 Å². The van der Waals surface area contributed by atoms with Crippen LogP contribution in [-0.2, 0) is 16.1 Å². The van der Waals surface area contributed by atoms with Crippen LogP contribution in [0.2, 0.25) is 0 Å². The Kier molecular flexibility index (Phi) is 6.42. The molecule has 0 bridgehead atoms. The van der Waals surface area contributed by atoms with Crippen LogP contribution in [0.25, 0.3) is 10.2 Å². The molecule has 0 saturated carbocycles. The number of fused-ring (bicyclic) bond motifs is 1. The molecule has 4 aromatic rings. The Morgan fingerprint density at radius 1 is 1.03 bits per heavy atom. The summed E-state index contributed by atoms with van der Waals surface area (Å²) in [4.78, 5) is 30.5. The second-order valence-electron chi connectivity index (χ2n) is 7.16. The van der Waals surface area contributed by atoms with Gasteiger partial charge in [0.05, 0.1) is 28.8 Å². The van der Waals surface area contributed by atoms with E-state index in [1.165, 1.54) is 18.4 Å². The normalized spacial score (nSPS) is 11.6. The first kappa shape index (κ1) is 21.5. The standard InChI is InChI=1S/C26H22N2O3S/c1-3-16-28-21-15-14-20(25(30)31-2)17-22(21)32-26(28)27-24(29)23(18-10-6-4-7-11-18)19-12-8-5-9-13-19/h3-15,17,23H,1,16H2,2H3. The molecule has 0 aliphatic carbocycles. The highest BCUT2D eigenvalue weighted by Gasteiger charge is 2.22. The Hall–Kier alpha value is -3.77. The highest BCUT2D eigenvalue weighted by atomic mass is 32.1. The second-order valence-corrected chi connectivity index (χ2v) is 8.17. The van der Waals surface area contributed by atoms with Gasteiger partial charge in [0.2, 0.25) is 0 Å². The number of ether oxygens (including phenoxy) is 1. The summed E-state index contributed by atoms with van der Waals surface area (Å²) >= 11 is 1.36. The molecule has 160 valence electrons. The van der Waals surface area contributed by atoms with E-state index in [1.807, 2.05) is 71.3 Å². The average molecular weight is 443 g/mol. The molecule has 0 spiro atoms. The van der Waals surface area contributed by atoms with Gasteiger partial charge in [-0.25, -0.2) is 4.79 Å². The zero-order chi connectivity index (χ0) is 22.5. The largest absolute Gasteiger partial charge is 0.465 e. The zero-order valence-electron chi connectivity index (χ0n) is 17.6. The third-order valence-corrected chi connectivity index (χ3v) is 6.18. The van der Waals surface area contributed by atoms with Crippen LogP contribution in [0, 0.1) is 0 Å². The van der Waals surface area contributed by atoms with Crippen molar-refractivity contribution in [3.05, 3.63) is 113 Å². The van der Waals surface area contributed by atoms with E-state index in [4.69, 9.17) is 4.74 Å². The lowest BCUT2D eigenvalue weighted by molar-refractivity contribution is -0.118. The van der Waals surface area contributed by atoms with Crippen molar-refractivity contribution in [3.63, 3.8) is 0 Å². The number of amides is 1. The van der Waals surface area contributed by atoms with Gasteiger partial charge in [0, 0.05) is 6.54 Å². The number of esters is 1. The first-order valence-electron chi connectivity index (χ1n) is 10.1. The summed E-state index contributed by atoms with van der Waals surface area (Å²) in [5.74, 6) is -1.16. The van der Waals surface area contributed by atoms with E-state index in [9.17, 15) is 9.59 Å². The molecule has 4 rings (SSSR count). The summed E-state index contributed by atoms with van der Waals surface area (Å²) < 4.78 is 7.60. The fourth-order valence-corrected chi connectivity index (χ4v) is 4.72. The summed E-state index contributed by atoms with van der Waals surface area (Å²) in [5.41, 5.74) is 3.11. The van der Waals surface area contributed by atoms with Crippen LogP contribution in [0.1, 0.15) is 27.4 Å². The van der Waals surface area contributed by atoms with Gasteiger partial charge in [-0.05, 0) is 29.3 Å². The summed E-state index contributed by atoms with van der Waals surface area (Å²) in [7, 11) is 1.35. The van der Waals surface area contributed by atoms with Crippen LogP contribution in [0.5, 0.6) is 0 Å². The van der Waals surface area contributed by atoms with Crippen molar-refractivity contribution in [3.8, 4) is 0 Å². The third-order valence-electron chi connectivity index (χ3n) is 5.13. The molecule has 0 N–H and O–H groups in total. The molecule has 0 atom stereocenters. The van der Waals surface area contributed by atoms with E-state index in [0.717, 1.165) is 21.3 Å². The number of nitrogens with zero attached hydrogens (tertiary/aromatic N) is 2. The number of aromatic nitrogens is 1.